The van der Waals surface area contributed by atoms with E-state index in [2.05, 4.69) is 85.3 Å². The summed E-state index contributed by atoms with van der Waals surface area (Å²) in [5.41, 5.74) is 4.55. The van der Waals surface area contributed by atoms with E-state index in [1.54, 1.807) is 5.57 Å². The van der Waals surface area contributed by atoms with Crippen LogP contribution in [0.1, 0.15) is 44.1 Å². The fourth-order valence-corrected chi connectivity index (χ4v) is 7.51. The average Bonchev–Trinajstić information content (AvgIpc) is 3.63. The smallest absolute Gasteiger partial charge is 0.306 e. The van der Waals surface area contributed by atoms with Crippen LogP contribution in [0.25, 0.3) is 5.57 Å². The first-order chi connectivity index (χ1) is 17.9. The molecule has 1 aromatic rings. The minimum Gasteiger partial charge on any atom is -0.483 e. The van der Waals surface area contributed by atoms with E-state index in [0.29, 0.717) is 15.9 Å². The highest BCUT2D eigenvalue weighted by molar-refractivity contribution is 14.1. The number of hydrogen-bond donors (Lipinski definition) is 1. The molecule has 1 N–H and O–H groups in total. The van der Waals surface area contributed by atoms with E-state index in [1.807, 2.05) is 0 Å². The molecule has 3 heterocycles. The van der Waals surface area contributed by atoms with Crippen LogP contribution in [0.2, 0.25) is 0 Å². The van der Waals surface area contributed by atoms with Gasteiger partial charge in [-0.25, -0.2) is 0 Å². The normalized spacial score (nSPS) is 26.2. The van der Waals surface area contributed by atoms with Crippen molar-refractivity contribution in [2.24, 2.45) is 28.2 Å². The number of rotatable bonds is 7. The van der Waals surface area contributed by atoms with Crippen molar-refractivity contribution < 1.29 is 14.6 Å². The molecular formula is C29H35I2N3O3. The van der Waals surface area contributed by atoms with Gasteiger partial charge >= 0.3 is 5.97 Å². The van der Waals surface area contributed by atoms with E-state index >= 15 is 0 Å². The fourth-order valence-electron chi connectivity index (χ4n) is 6.82. The van der Waals surface area contributed by atoms with Crippen molar-refractivity contribution in [2.45, 2.75) is 38.5 Å². The Hall–Kier alpha value is -1.14. The Morgan fingerprint density at radius 3 is 2.51 bits per heavy atom. The van der Waals surface area contributed by atoms with E-state index in [4.69, 9.17) is 9.73 Å². The third-order valence-electron chi connectivity index (χ3n) is 8.80. The highest BCUT2D eigenvalue weighted by atomic mass is 127. The van der Waals surface area contributed by atoms with Crippen LogP contribution in [0.15, 0.2) is 46.7 Å². The molecule has 0 aromatic heterocycles. The summed E-state index contributed by atoms with van der Waals surface area (Å²) in [6, 6.07) is 8.91. The number of nitrogens with zero attached hydrogens (tertiary/aromatic N) is 3. The number of allylic oxidation sites excluding steroid dienone is 2. The largest absolute Gasteiger partial charge is 0.483 e. The van der Waals surface area contributed by atoms with Crippen molar-refractivity contribution >= 4 is 62.6 Å². The number of aliphatic carboxylic acids is 1. The Morgan fingerprint density at radius 2 is 1.86 bits per heavy atom. The summed E-state index contributed by atoms with van der Waals surface area (Å²) >= 11 is 4.69. The Labute approximate surface area is 246 Å². The Balaban J connectivity index is 1.08. The third-order valence-corrected chi connectivity index (χ3v) is 9.83. The highest BCUT2D eigenvalue weighted by Crippen LogP contribution is 2.49. The van der Waals surface area contributed by atoms with Crippen LogP contribution in [0.4, 0.5) is 0 Å². The maximum absolute atomic E-state index is 11.3. The van der Waals surface area contributed by atoms with Crippen molar-refractivity contribution in [3.8, 4) is 0 Å². The summed E-state index contributed by atoms with van der Waals surface area (Å²) in [5, 5.41) is 9.29. The standard InChI is InChI=1S/C29H35I2N3O3/c30-18-37-25-12-19(11-24(20-1-2-20)27(25)21-3-5-23(31)6-4-21)14-33-16-29(17-33)13-26(32-15-29)34-9-7-22(8-10-34)28(35)36/h3-6,12,19-20,22H,1-2,7-11,13-18H2,(H,35,36). The number of carboxylic acids is 1. The second-order valence-corrected chi connectivity index (χ2v) is 13.5. The van der Waals surface area contributed by atoms with Gasteiger partial charge in [0.2, 0.25) is 0 Å². The molecular weight excluding hydrogens is 692 g/mol. The number of alkyl halides is 1. The number of benzene rings is 1. The molecule has 1 unspecified atom stereocenters. The minimum absolute atomic E-state index is 0.184. The number of amidine groups is 1. The van der Waals surface area contributed by atoms with Crippen molar-refractivity contribution in [3.63, 3.8) is 0 Å². The van der Waals surface area contributed by atoms with Crippen LogP contribution < -0.4 is 0 Å². The van der Waals surface area contributed by atoms with Gasteiger partial charge in [0.15, 0.2) is 0 Å². The van der Waals surface area contributed by atoms with E-state index < -0.39 is 5.97 Å². The highest BCUT2D eigenvalue weighted by Gasteiger charge is 2.48. The number of ether oxygens (including phenoxy) is 1. The van der Waals surface area contributed by atoms with Gasteiger partial charge in [-0.2, -0.15) is 0 Å². The molecule has 3 fully saturated rings. The molecule has 0 amide bonds. The van der Waals surface area contributed by atoms with Gasteiger partial charge in [0, 0.05) is 60.2 Å². The van der Waals surface area contributed by atoms with Crippen molar-refractivity contribution in [2.75, 3.05) is 43.9 Å². The van der Waals surface area contributed by atoms with Crippen molar-refractivity contribution in [1.29, 1.82) is 0 Å². The Kier molecular flexibility index (Phi) is 7.61. The zero-order valence-corrected chi connectivity index (χ0v) is 25.5. The van der Waals surface area contributed by atoms with E-state index in [0.717, 1.165) is 76.6 Å². The lowest BCUT2D eigenvalue weighted by Crippen LogP contribution is -2.58. The van der Waals surface area contributed by atoms with Gasteiger partial charge in [-0.15, -0.1) is 0 Å². The van der Waals surface area contributed by atoms with Gasteiger partial charge in [0.1, 0.15) is 10.4 Å². The molecule has 2 saturated heterocycles. The lowest BCUT2D eigenvalue weighted by Gasteiger charge is -2.49. The second-order valence-electron chi connectivity index (χ2n) is 11.6. The Bertz CT molecular complexity index is 1130. The van der Waals surface area contributed by atoms with Gasteiger partial charge in [0.05, 0.1) is 11.8 Å². The lowest BCUT2D eigenvalue weighted by atomic mass is 9.76. The molecule has 0 radical (unpaired) electrons. The molecule has 1 spiro atoms. The van der Waals surface area contributed by atoms with Gasteiger partial charge < -0.3 is 19.6 Å². The predicted molar refractivity (Wildman–Crippen MR) is 163 cm³/mol. The first kappa shape index (κ1) is 26.1. The molecule has 1 saturated carbocycles. The molecule has 1 aromatic carbocycles. The molecule has 2 aliphatic carbocycles. The summed E-state index contributed by atoms with van der Waals surface area (Å²) < 4.78 is 8.19. The SMILES string of the molecule is O=C(O)C1CCN(C2=NCC3(C2)CN(CC2C=C(OCI)C(c4ccc(I)cc4)=C(C4CC4)C2)C3)CC1. The maximum atomic E-state index is 11.3. The molecule has 0 bridgehead atoms. The zero-order valence-electron chi connectivity index (χ0n) is 21.2. The first-order valence-electron chi connectivity index (χ1n) is 13.6. The molecule has 5 aliphatic rings. The van der Waals surface area contributed by atoms with Crippen LogP contribution in [-0.4, -0.2) is 70.6 Å². The molecule has 198 valence electrons. The van der Waals surface area contributed by atoms with Crippen LogP contribution in [0, 0.1) is 26.7 Å². The maximum Gasteiger partial charge on any atom is 0.306 e. The summed E-state index contributed by atoms with van der Waals surface area (Å²) in [4.78, 5) is 21.2. The van der Waals surface area contributed by atoms with Crippen LogP contribution in [0.5, 0.6) is 0 Å². The van der Waals surface area contributed by atoms with Crippen molar-refractivity contribution in [1.82, 2.24) is 9.80 Å². The summed E-state index contributed by atoms with van der Waals surface area (Å²) in [6.45, 7) is 5.91. The fraction of sp³-hybridized carbons (Fsp3) is 0.586. The quantitative estimate of drug-likeness (QED) is 0.290. The lowest BCUT2D eigenvalue weighted by molar-refractivity contribution is -0.143. The van der Waals surface area contributed by atoms with Gasteiger partial charge in [0.25, 0.3) is 0 Å². The summed E-state index contributed by atoms with van der Waals surface area (Å²) in [7, 11) is 0. The number of carboxylic acid groups (broad SMARTS) is 1. The summed E-state index contributed by atoms with van der Waals surface area (Å²) in [6.07, 6.45) is 8.70. The number of hydrogen-bond acceptors (Lipinski definition) is 5. The topological polar surface area (TPSA) is 65.4 Å². The number of piperidine rings is 1. The van der Waals surface area contributed by atoms with E-state index in [-0.39, 0.29) is 5.92 Å². The van der Waals surface area contributed by atoms with E-state index in [9.17, 15) is 9.90 Å². The minimum atomic E-state index is -0.645. The zero-order chi connectivity index (χ0) is 25.6. The monoisotopic (exact) mass is 727 g/mol. The number of likely N-dealkylation sites (tertiary alicyclic amines) is 2. The molecule has 3 aliphatic heterocycles. The second kappa shape index (κ2) is 10.8. The molecule has 37 heavy (non-hydrogen) atoms. The molecule has 8 heteroatoms. The van der Waals surface area contributed by atoms with Gasteiger partial charge in [-0.3, -0.25) is 9.79 Å². The molecule has 1 atom stereocenters. The van der Waals surface area contributed by atoms with Crippen LogP contribution in [-0.2, 0) is 9.53 Å². The van der Waals surface area contributed by atoms with Crippen LogP contribution >= 0.6 is 45.2 Å². The van der Waals surface area contributed by atoms with Gasteiger partial charge in [-0.1, -0.05) is 17.7 Å². The number of aliphatic imine (C=N–C) groups is 1. The Morgan fingerprint density at radius 1 is 1.14 bits per heavy atom. The van der Waals surface area contributed by atoms with E-state index in [1.165, 1.54) is 33.4 Å². The van der Waals surface area contributed by atoms with Crippen molar-refractivity contribution in [3.05, 3.63) is 50.8 Å². The predicted octanol–water partition coefficient (Wildman–Crippen LogP) is 5.67. The first-order valence-corrected chi connectivity index (χ1v) is 16.2. The molecule has 6 nitrogen and oxygen atoms in total. The average molecular weight is 727 g/mol. The third kappa shape index (κ3) is 5.62. The molecule has 6 rings (SSSR count). The van der Waals surface area contributed by atoms with Gasteiger partial charge in [-0.05, 0) is 113 Å². The summed E-state index contributed by atoms with van der Waals surface area (Å²) in [5.74, 6) is 2.69. The van der Waals surface area contributed by atoms with Crippen LogP contribution in [0.3, 0.4) is 0 Å². The number of carbonyl (C=O) groups is 1. The number of halogens is 2.